The highest BCUT2D eigenvalue weighted by atomic mass is 32.2. The molecule has 0 amide bonds. The SMILES string of the molecule is CSNc1cncc(-c2cnc3n[nH]c(-c4cc5c(-c6ccccc6F)cccc5[nH]4)c3c2)c1. The van der Waals surface area contributed by atoms with Gasteiger partial charge in [-0.05, 0) is 35.9 Å². The van der Waals surface area contributed by atoms with Crippen LogP contribution in [0, 0.1) is 5.82 Å². The first-order chi connectivity index (χ1) is 16.7. The fraction of sp³-hybridized carbons (Fsp3) is 0.0385. The zero-order chi connectivity index (χ0) is 23.1. The van der Waals surface area contributed by atoms with E-state index in [0.717, 1.165) is 50.1 Å². The first kappa shape index (κ1) is 20.4. The Hall–Kier alpha value is -4.17. The van der Waals surface area contributed by atoms with Gasteiger partial charge in [0.05, 0.1) is 23.3 Å². The molecular weight excluding hydrogens is 447 g/mol. The van der Waals surface area contributed by atoms with Gasteiger partial charge in [0.1, 0.15) is 5.82 Å². The van der Waals surface area contributed by atoms with E-state index < -0.39 is 0 Å². The maximum atomic E-state index is 14.5. The average molecular weight is 467 g/mol. The van der Waals surface area contributed by atoms with E-state index in [0.29, 0.717) is 11.2 Å². The number of rotatable bonds is 5. The van der Waals surface area contributed by atoms with Gasteiger partial charge >= 0.3 is 0 Å². The lowest BCUT2D eigenvalue weighted by Crippen LogP contribution is -1.88. The molecule has 166 valence electrons. The number of hydrogen-bond donors (Lipinski definition) is 3. The average Bonchev–Trinajstić information content (AvgIpc) is 3.48. The smallest absolute Gasteiger partial charge is 0.181 e. The molecule has 0 spiro atoms. The Kier molecular flexibility index (Phi) is 5.00. The predicted octanol–water partition coefficient (Wildman–Crippen LogP) is 6.66. The van der Waals surface area contributed by atoms with Crippen LogP contribution in [-0.4, -0.2) is 31.4 Å². The second-order valence-electron chi connectivity index (χ2n) is 7.89. The molecule has 4 aromatic heterocycles. The molecule has 2 aromatic carbocycles. The van der Waals surface area contributed by atoms with Gasteiger partial charge in [-0.3, -0.25) is 10.1 Å². The molecule has 6 nitrogen and oxygen atoms in total. The number of H-pyrrole nitrogens is 2. The first-order valence-corrected chi connectivity index (χ1v) is 11.9. The molecule has 0 aliphatic carbocycles. The molecule has 0 saturated heterocycles. The summed E-state index contributed by atoms with van der Waals surface area (Å²) in [7, 11) is 0. The third kappa shape index (κ3) is 3.48. The second kappa shape index (κ2) is 8.31. The highest BCUT2D eigenvalue weighted by molar-refractivity contribution is 7.99. The lowest BCUT2D eigenvalue weighted by atomic mass is 10.0. The molecule has 0 bridgehead atoms. The Labute approximate surface area is 198 Å². The van der Waals surface area contributed by atoms with Crippen molar-refractivity contribution in [1.29, 1.82) is 0 Å². The topological polar surface area (TPSA) is 82.3 Å². The number of aromatic nitrogens is 5. The molecule has 6 aromatic rings. The Morgan fingerprint density at radius 2 is 1.74 bits per heavy atom. The van der Waals surface area contributed by atoms with E-state index in [1.54, 1.807) is 24.5 Å². The number of aromatic amines is 2. The number of nitrogens with zero attached hydrogens (tertiary/aromatic N) is 3. The van der Waals surface area contributed by atoms with Crippen LogP contribution < -0.4 is 4.72 Å². The molecule has 0 fully saturated rings. The Morgan fingerprint density at radius 1 is 0.882 bits per heavy atom. The van der Waals surface area contributed by atoms with Crippen LogP contribution in [0.3, 0.4) is 0 Å². The largest absolute Gasteiger partial charge is 0.353 e. The molecule has 34 heavy (non-hydrogen) atoms. The zero-order valence-corrected chi connectivity index (χ0v) is 18.9. The van der Waals surface area contributed by atoms with E-state index in [4.69, 9.17) is 0 Å². The standard InChI is InChI=1S/C26H19FN6S/c1-34-33-17-9-15(12-28-14-17)16-10-21-25(31-32-26(21)29-13-16)24-11-20-18(6-4-8-23(20)30-24)19-5-2-3-7-22(19)27/h2-14,30,33H,1H3,(H,29,31,32). The molecule has 0 atom stereocenters. The summed E-state index contributed by atoms with van der Waals surface area (Å²) in [6, 6.07) is 18.8. The van der Waals surface area contributed by atoms with E-state index in [1.165, 1.54) is 18.0 Å². The summed E-state index contributed by atoms with van der Waals surface area (Å²) >= 11 is 1.52. The van der Waals surface area contributed by atoms with Gasteiger partial charge in [0.15, 0.2) is 5.65 Å². The molecule has 0 saturated carbocycles. The number of halogens is 1. The van der Waals surface area contributed by atoms with Crippen molar-refractivity contribution in [3.63, 3.8) is 0 Å². The van der Waals surface area contributed by atoms with Crippen molar-refractivity contribution >= 4 is 39.6 Å². The molecule has 6 rings (SSSR count). The van der Waals surface area contributed by atoms with E-state index in [1.807, 2.05) is 48.9 Å². The van der Waals surface area contributed by atoms with Gasteiger partial charge in [0, 0.05) is 51.6 Å². The van der Waals surface area contributed by atoms with Crippen molar-refractivity contribution in [2.75, 3.05) is 11.0 Å². The highest BCUT2D eigenvalue weighted by Crippen LogP contribution is 2.35. The third-order valence-corrected chi connectivity index (χ3v) is 6.24. The van der Waals surface area contributed by atoms with Crippen molar-refractivity contribution in [3.8, 4) is 33.6 Å². The zero-order valence-electron chi connectivity index (χ0n) is 18.1. The van der Waals surface area contributed by atoms with Crippen LogP contribution in [0.4, 0.5) is 10.1 Å². The van der Waals surface area contributed by atoms with Crippen LogP contribution in [0.2, 0.25) is 0 Å². The van der Waals surface area contributed by atoms with E-state index >= 15 is 0 Å². The number of fused-ring (bicyclic) bond motifs is 2. The van der Waals surface area contributed by atoms with Gasteiger partial charge in [0.2, 0.25) is 0 Å². The summed E-state index contributed by atoms with van der Waals surface area (Å²) < 4.78 is 17.7. The van der Waals surface area contributed by atoms with Crippen LogP contribution >= 0.6 is 11.9 Å². The lowest BCUT2D eigenvalue weighted by molar-refractivity contribution is 0.631. The monoisotopic (exact) mass is 466 g/mol. The normalized spacial score (nSPS) is 11.4. The van der Waals surface area contributed by atoms with E-state index in [2.05, 4.69) is 35.9 Å². The number of hydrogen-bond acceptors (Lipinski definition) is 5. The Bertz CT molecular complexity index is 1650. The van der Waals surface area contributed by atoms with Crippen LogP contribution in [0.15, 0.2) is 79.3 Å². The van der Waals surface area contributed by atoms with Gasteiger partial charge in [-0.15, -0.1) is 0 Å². The molecule has 4 heterocycles. The number of nitrogens with one attached hydrogen (secondary N) is 3. The predicted molar refractivity (Wildman–Crippen MR) is 137 cm³/mol. The summed E-state index contributed by atoms with van der Waals surface area (Å²) in [6.45, 7) is 0. The van der Waals surface area contributed by atoms with Crippen molar-refractivity contribution < 1.29 is 4.39 Å². The minimum atomic E-state index is -0.245. The molecular formula is C26H19FN6S. The van der Waals surface area contributed by atoms with Gasteiger partial charge < -0.3 is 9.71 Å². The number of benzene rings is 2. The van der Waals surface area contributed by atoms with E-state index in [-0.39, 0.29) is 5.82 Å². The maximum absolute atomic E-state index is 14.5. The van der Waals surface area contributed by atoms with Crippen molar-refractivity contribution in [2.45, 2.75) is 0 Å². The minimum Gasteiger partial charge on any atom is -0.353 e. The van der Waals surface area contributed by atoms with Crippen LogP contribution in [-0.2, 0) is 0 Å². The summed E-state index contributed by atoms with van der Waals surface area (Å²) in [5.41, 5.74) is 7.46. The molecule has 0 unspecified atom stereocenters. The number of pyridine rings is 2. The summed E-state index contributed by atoms with van der Waals surface area (Å²) in [6.07, 6.45) is 7.37. The van der Waals surface area contributed by atoms with Crippen molar-refractivity contribution in [2.24, 2.45) is 0 Å². The first-order valence-electron chi connectivity index (χ1n) is 10.7. The van der Waals surface area contributed by atoms with Gasteiger partial charge in [-0.25, -0.2) is 9.37 Å². The molecule has 0 aliphatic rings. The Morgan fingerprint density at radius 3 is 2.62 bits per heavy atom. The summed E-state index contributed by atoms with van der Waals surface area (Å²) in [5, 5.41) is 9.35. The van der Waals surface area contributed by atoms with Crippen molar-refractivity contribution in [1.82, 2.24) is 25.1 Å². The molecule has 8 heteroatoms. The summed E-state index contributed by atoms with van der Waals surface area (Å²) in [5.74, 6) is -0.245. The van der Waals surface area contributed by atoms with Crippen LogP contribution in [0.5, 0.6) is 0 Å². The van der Waals surface area contributed by atoms with Gasteiger partial charge in [-0.2, -0.15) is 5.10 Å². The lowest BCUT2D eigenvalue weighted by Gasteiger charge is -2.05. The number of anilines is 1. The summed E-state index contributed by atoms with van der Waals surface area (Å²) in [4.78, 5) is 12.3. The van der Waals surface area contributed by atoms with Gasteiger partial charge in [0.25, 0.3) is 0 Å². The highest BCUT2D eigenvalue weighted by Gasteiger charge is 2.15. The fourth-order valence-electron chi connectivity index (χ4n) is 4.24. The van der Waals surface area contributed by atoms with Crippen LogP contribution in [0.25, 0.3) is 55.6 Å². The molecule has 0 aliphatic heterocycles. The quantitative estimate of drug-likeness (QED) is 0.247. The van der Waals surface area contributed by atoms with Crippen LogP contribution in [0.1, 0.15) is 0 Å². The Balaban J connectivity index is 1.48. The van der Waals surface area contributed by atoms with E-state index in [9.17, 15) is 4.39 Å². The van der Waals surface area contributed by atoms with Crippen molar-refractivity contribution in [3.05, 3.63) is 85.1 Å². The third-order valence-electron chi connectivity index (χ3n) is 5.80. The molecule has 0 radical (unpaired) electrons. The fourth-order valence-corrected chi connectivity index (χ4v) is 4.59. The minimum absolute atomic E-state index is 0.245. The maximum Gasteiger partial charge on any atom is 0.181 e. The molecule has 3 N–H and O–H groups in total. The van der Waals surface area contributed by atoms with Gasteiger partial charge in [-0.1, -0.05) is 42.3 Å². The second-order valence-corrected chi connectivity index (χ2v) is 8.50.